The molecule has 1 amide bonds. The molecule has 1 aliphatic heterocycles. The molecule has 0 atom stereocenters. The highest BCUT2D eigenvalue weighted by Crippen LogP contribution is 2.22. The standard InChI is InChI=1S/C20H23N5O2/c1-12-24-18-9-13(2-3-19(18)27-12)8-15-10-17(16(11-23-15)20(21)26)25-14-4-6-22-7-5-14/h2-3,9-11,14,22H,4-8H2,1H3,(H2,21,26)(H,23,25). The van der Waals surface area contributed by atoms with Crippen LogP contribution in [0.1, 0.15) is 40.3 Å². The molecule has 0 unspecified atom stereocenters. The van der Waals surface area contributed by atoms with Crippen LogP contribution in [-0.4, -0.2) is 35.0 Å². The van der Waals surface area contributed by atoms with Crippen LogP contribution in [-0.2, 0) is 6.42 Å². The summed E-state index contributed by atoms with van der Waals surface area (Å²) < 4.78 is 5.53. The van der Waals surface area contributed by atoms with Crippen molar-refractivity contribution in [3.63, 3.8) is 0 Å². The Morgan fingerprint density at radius 3 is 2.93 bits per heavy atom. The van der Waals surface area contributed by atoms with E-state index < -0.39 is 5.91 Å². The van der Waals surface area contributed by atoms with E-state index in [9.17, 15) is 4.79 Å². The first-order valence-electron chi connectivity index (χ1n) is 9.20. The minimum Gasteiger partial charge on any atom is -0.441 e. The molecule has 4 rings (SSSR count). The van der Waals surface area contributed by atoms with Gasteiger partial charge in [-0.1, -0.05) is 6.07 Å². The molecule has 0 bridgehead atoms. The van der Waals surface area contributed by atoms with Crippen LogP contribution in [0.2, 0.25) is 0 Å². The number of carbonyl (C=O) groups is 1. The first-order chi connectivity index (χ1) is 13.1. The number of anilines is 1. The Labute approximate surface area is 157 Å². The molecule has 1 saturated heterocycles. The maximum absolute atomic E-state index is 11.8. The SMILES string of the molecule is Cc1nc2cc(Cc3cc(NC4CCNCC4)c(C(N)=O)cn3)ccc2o1. The van der Waals surface area contributed by atoms with Crippen molar-refractivity contribution in [2.45, 2.75) is 32.2 Å². The number of benzene rings is 1. The van der Waals surface area contributed by atoms with Gasteiger partial charge in [-0.15, -0.1) is 0 Å². The van der Waals surface area contributed by atoms with Crippen molar-refractivity contribution in [1.29, 1.82) is 0 Å². The maximum Gasteiger partial charge on any atom is 0.252 e. The summed E-state index contributed by atoms with van der Waals surface area (Å²) in [6, 6.07) is 8.21. The second kappa shape index (κ2) is 7.36. The van der Waals surface area contributed by atoms with Gasteiger partial charge in [0.25, 0.3) is 5.91 Å². The molecule has 0 spiro atoms. The molecule has 1 fully saturated rings. The molecular weight excluding hydrogens is 342 g/mol. The number of nitrogens with zero attached hydrogens (tertiary/aromatic N) is 2. The molecule has 1 aromatic carbocycles. The van der Waals surface area contributed by atoms with Crippen molar-refractivity contribution in [1.82, 2.24) is 15.3 Å². The van der Waals surface area contributed by atoms with Crippen LogP contribution in [0.5, 0.6) is 0 Å². The molecule has 3 aromatic rings. The summed E-state index contributed by atoms with van der Waals surface area (Å²) in [6.07, 6.45) is 4.23. The normalized spacial score (nSPS) is 15.1. The molecule has 7 heteroatoms. The first-order valence-corrected chi connectivity index (χ1v) is 9.20. The summed E-state index contributed by atoms with van der Waals surface area (Å²) in [5.74, 6) is 0.185. The summed E-state index contributed by atoms with van der Waals surface area (Å²) in [4.78, 5) is 20.6. The number of piperidine rings is 1. The van der Waals surface area contributed by atoms with Crippen LogP contribution in [0.15, 0.2) is 34.9 Å². The van der Waals surface area contributed by atoms with Gasteiger partial charge in [-0.05, 0) is 49.7 Å². The van der Waals surface area contributed by atoms with Crippen molar-refractivity contribution in [3.8, 4) is 0 Å². The molecule has 2 aromatic heterocycles. The molecule has 0 aliphatic carbocycles. The summed E-state index contributed by atoms with van der Waals surface area (Å²) in [5, 5.41) is 6.82. The average Bonchev–Trinajstić information content (AvgIpc) is 3.02. The fraction of sp³-hybridized carbons (Fsp3) is 0.350. The van der Waals surface area contributed by atoms with Crippen molar-refractivity contribution in [2.24, 2.45) is 5.73 Å². The quantitative estimate of drug-likeness (QED) is 0.641. The van der Waals surface area contributed by atoms with E-state index in [0.29, 0.717) is 23.9 Å². The van der Waals surface area contributed by atoms with E-state index in [-0.39, 0.29) is 0 Å². The van der Waals surface area contributed by atoms with Gasteiger partial charge in [-0.3, -0.25) is 9.78 Å². The number of rotatable bonds is 5. The van der Waals surface area contributed by atoms with Crippen LogP contribution in [0, 0.1) is 6.92 Å². The second-order valence-corrected chi connectivity index (χ2v) is 6.97. The van der Waals surface area contributed by atoms with E-state index >= 15 is 0 Å². The van der Waals surface area contributed by atoms with E-state index in [0.717, 1.165) is 54.0 Å². The number of hydrogen-bond acceptors (Lipinski definition) is 6. The number of aryl methyl sites for hydroxylation is 1. The number of carbonyl (C=O) groups excluding carboxylic acids is 1. The Balaban J connectivity index is 1.59. The number of oxazole rings is 1. The highest BCUT2D eigenvalue weighted by molar-refractivity contribution is 5.98. The number of amides is 1. The minimum atomic E-state index is -0.468. The van der Waals surface area contributed by atoms with E-state index in [1.54, 1.807) is 6.20 Å². The third-order valence-corrected chi connectivity index (χ3v) is 4.87. The second-order valence-electron chi connectivity index (χ2n) is 6.97. The topological polar surface area (TPSA) is 106 Å². The number of primary amides is 1. The number of nitrogens with two attached hydrogens (primary N) is 1. The number of nitrogens with one attached hydrogen (secondary N) is 2. The number of aromatic nitrogens is 2. The van der Waals surface area contributed by atoms with Gasteiger partial charge < -0.3 is 20.8 Å². The monoisotopic (exact) mass is 365 g/mol. The van der Waals surface area contributed by atoms with Gasteiger partial charge in [-0.25, -0.2) is 4.98 Å². The molecule has 7 nitrogen and oxygen atoms in total. The predicted molar refractivity (Wildman–Crippen MR) is 104 cm³/mol. The van der Waals surface area contributed by atoms with Crippen LogP contribution in [0.25, 0.3) is 11.1 Å². The number of pyridine rings is 1. The lowest BCUT2D eigenvalue weighted by Gasteiger charge is -2.25. The average molecular weight is 365 g/mol. The Bertz CT molecular complexity index is 976. The van der Waals surface area contributed by atoms with Crippen molar-refractivity contribution >= 4 is 22.7 Å². The fourth-order valence-electron chi connectivity index (χ4n) is 3.50. The van der Waals surface area contributed by atoms with E-state index in [2.05, 4.69) is 20.6 Å². The van der Waals surface area contributed by atoms with E-state index in [1.165, 1.54) is 0 Å². The van der Waals surface area contributed by atoms with Crippen molar-refractivity contribution in [2.75, 3.05) is 18.4 Å². The minimum absolute atomic E-state index is 0.328. The third kappa shape index (κ3) is 3.93. The van der Waals surface area contributed by atoms with Gasteiger partial charge in [0.15, 0.2) is 11.5 Å². The number of hydrogen-bond donors (Lipinski definition) is 3. The third-order valence-electron chi connectivity index (χ3n) is 4.87. The summed E-state index contributed by atoms with van der Waals surface area (Å²) in [7, 11) is 0. The summed E-state index contributed by atoms with van der Waals surface area (Å²) >= 11 is 0. The zero-order valence-corrected chi connectivity index (χ0v) is 15.3. The molecule has 0 saturated carbocycles. The molecule has 1 aliphatic rings. The van der Waals surface area contributed by atoms with Gasteiger partial charge in [-0.2, -0.15) is 0 Å². The fourth-order valence-corrected chi connectivity index (χ4v) is 3.50. The Hall–Kier alpha value is -2.93. The number of fused-ring (bicyclic) bond motifs is 1. The highest BCUT2D eigenvalue weighted by atomic mass is 16.3. The Morgan fingerprint density at radius 2 is 2.15 bits per heavy atom. The first kappa shape index (κ1) is 17.5. The van der Waals surface area contributed by atoms with Gasteiger partial charge >= 0.3 is 0 Å². The molecular formula is C20H23N5O2. The van der Waals surface area contributed by atoms with Gasteiger partial charge in [0.1, 0.15) is 5.52 Å². The van der Waals surface area contributed by atoms with Gasteiger partial charge in [0.05, 0.1) is 11.3 Å². The van der Waals surface area contributed by atoms with Crippen molar-refractivity contribution < 1.29 is 9.21 Å². The zero-order valence-electron chi connectivity index (χ0n) is 15.3. The van der Waals surface area contributed by atoms with Crippen LogP contribution >= 0.6 is 0 Å². The predicted octanol–water partition coefficient (Wildman–Crippen LogP) is 2.38. The molecule has 3 heterocycles. The molecule has 4 N–H and O–H groups in total. The summed E-state index contributed by atoms with van der Waals surface area (Å²) in [6.45, 7) is 3.78. The summed E-state index contributed by atoms with van der Waals surface area (Å²) in [5.41, 5.74) is 10.3. The van der Waals surface area contributed by atoms with Crippen molar-refractivity contribution in [3.05, 3.63) is 53.2 Å². The lowest BCUT2D eigenvalue weighted by molar-refractivity contribution is 0.100. The van der Waals surface area contributed by atoms with Crippen LogP contribution < -0.4 is 16.4 Å². The maximum atomic E-state index is 11.8. The lowest BCUT2D eigenvalue weighted by atomic mass is 10.0. The lowest BCUT2D eigenvalue weighted by Crippen LogP contribution is -2.35. The Morgan fingerprint density at radius 1 is 1.33 bits per heavy atom. The van der Waals surface area contributed by atoms with Gasteiger partial charge in [0, 0.05) is 31.3 Å². The van der Waals surface area contributed by atoms with Crippen LogP contribution in [0.3, 0.4) is 0 Å². The highest BCUT2D eigenvalue weighted by Gasteiger charge is 2.17. The van der Waals surface area contributed by atoms with E-state index in [1.807, 2.05) is 31.2 Å². The molecule has 27 heavy (non-hydrogen) atoms. The van der Waals surface area contributed by atoms with Crippen LogP contribution in [0.4, 0.5) is 5.69 Å². The zero-order chi connectivity index (χ0) is 18.8. The van der Waals surface area contributed by atoms with E-state index in [4.69, 9.17) is 10.2 Å². The molecule has 0 radical (unpaired) electrons. The smallest absolute Gasteiger partial charge is 0.252 e. The van der Waals surface area contributed by atoms with Gasteiger partial charge in [0.2, 0.25) is 0 Å². The largest absolute Gasteiger partial charge is 0.441 e. The Kier molecular flexibility index (Phi) is 4.77. The molecule has 140 valence electrons.